The van der Waals surface area contributed by atoms with Crippen LogP contribution in [0.2, 0.25) is 0 Å². The number of para-hydroxylation sites is 3. The molecule has 0 aliphatic rings. The summed E-state index contributed by atoms with van der Waals surface area (Å²) in [6.45, 7) is 0. The minimum absolute atomic E-state index is 0.00573. The summed E-state index contributed by atoms with van der Waals surface area (Å²) in [5.41, 5.74) is 5.24. The van der Waals surface area contributed by atoms with E-state index >= 15 is 0 Å². The minimum Gasteiger partial charge on any atom is -0.361 e. The molecule has 0 saturated carbocycles. The van der Waals surface area contributed by atoms with Gasteiger partial charge in [-0.3, -0.25) is 4.79 Å². The molecule has 0 spiro atoms. The number of hydrogen-bond acceptors (Lipinski definition) is 2. The number of aryl methyl sites for hydroxylation is 2. The molecule has 2 aromatic heterocycles. The predicted molar refractivity (Wildman–Crippen MR) is 124 cm³/mol. The van der Waals surface area contributed by atoms with Gasteiger partial charge in [-0.2, -0.15) is 0 Å². The number of H-pyrrole nitrogens is 1. The second-order valence-corrected chi connectivity index (χ2v) is 7.79. The first-order chi connectivity index (χ1) is 15.2. The topological polar surface area (TPSA) is 62.7 Å². The Labute approximate surface area is 180 Å². The number of aromatic amines is 1. The molecule has 0 fully saturated rings. The number of fused-ring (bicyclic) bond motifs is 2. The summed E-state index contributed by atoms with van der Waals surface area (Å²) < 4.78 is 2.06. The number of imidazole rings is 1. The summed E-state index contributed by atoms with van der Waals surface area (Å²) >= 11 is 0. The summed E-state index contributed by atoms with van der Waals surface area (Å²) in [6, 6.07) is 25.9. The van der Waals surface area contributed by atoms with E-state index < -0.39 is 0 Å². The fourth-order valence-electron chi connectivity index (χ4n) is 4.18. The van der Waals surface area contributed by atoms with E-state index in [0.29, 0.717) is 12.8 Å². The van der Waals surface area contributed by atoms with E-state index in [1.165, 1.54) is 5.39 Å². The van der Waals surface area contributed by atoms with Gasteiger partial charge in [-0.1, -0.05) is 60.7 Å². The van der Waals surface area contributed by atoms with Gasteiger partial charge in [-0.05, 0) is 35.7 Å². The highest BCUT2D eigenvalue weighted by Crippen LogP contribution is 2.25. The van der Waals surface area contributed by atoms with Crippen molar-refractivity contribution in [1.82, 2.24) is 19.9 Å². The van der Waals surface area contributed by atoms with E-state index in [0.717, 1.165) is 33.5 Å². The van der Waals surface area contributed by atoms with E-state index in [2.05, 4.69) is 27.0 Å². The molecule has 154 valence electrons. The van der Waals surface area contributed by atoms with Crippen molar-refractivity contribution in [3.8, 4) is 0 Å². The Kier molecular flexibility index (Phi) is 5.00. The molecule has 5 nitrogen and oxygen atoms in total. The number of aromatic nitrogens is 3. The van der Waals surface area contributed by atoms with Crippen LogP contribution in [-0.2, 0) is 18.3 Å². The lowest BCUT2D eigenvalue weighted by Crippen LogP contribution is -2.31. The highest BCUT2D eigenvalue weighted by Gasteiger charge is 2.22. The second kappa shape index (κ2) is 8.11. The number of benzene rings is 3. The normalized spacial score (nSPS) is 12.3. The zero-order chi connectivity index (χ0) is 21.2. The molecule has 2 heterocycles. The van der Waals surface area contributed by atoms with Crippen molar-refractivity contribution in [2.75, 3.05) is 0 Å². The van der Waals surface area contributed by atoms with Gasteiger partial charge < -0.3 is 14.9 Å². The molecule has 5 heteroatoms. The number of rotatable bonds is 6. The van der Waals surface area contributed by atoms with Crippen LogP contribution in [0.25, 0.3) is 21.9 Å². The molecular weight excluding hydrogens is 384 g/mol. The van der Waals surface area contributed by atoms with Gasteiger partial charge in [0.2, 0.25) is 5.91 Å². The first-order valence-electron chi connectivity index (χ1n) is 10.5. The van der Waals surface area contributed by atoms with Gasteiger partial charge in [0.15, 0.2) is 0 Å². The molecule has 0 bridgehead atoms. The standard InChI is InChI=1S/C26H24N4O/c1-30-23-14-8-7-13-22(23)28-26(30)25(18-9-3-2-4-10-18)29-24(31)16-15-19-17-27-21-12-6-5-11-20(19)21/h2-14,17,25,27H,15-16H2,1H3,(H,29,31). The Bertz CT molecular complexity index is 1350. The van der Waals surface area contributed by atoms with Gasteiger partial charge in [0.1, 0.15) is 11.9 Å². The van der Waals surface area contributed by atoms with Gasteiger partial charge in [-0.15, -0.1) is 0 Å². The van der Waals surface area contributed by atoms with E-state index in [-0.39, 0.29) is 11.9 Å². The predicted octanol–water partition coefficient (Wildman–Crippen LogP) is 4.89. The van der Waals surface area contributed by atoms with Gasteiger partial charge in [0.25, 0.3) is 0 Å². The van der Waals surface area contributed by atoms with Crippen molar-refractivity contribution >= 4 is 27.8 Å². The molecule has 1 unspecified atom stereocenters. The molecule has 1 atom stereocenters. The van der Waals surface area contributed by atoms with Crippen molar-refractivity contribution in [2.45, 2.75) is 18.9 Å². The first-order valence-corrected chi connectivity index (χ1v) is 10.5. The summed E-state index contributed by atoms with van der Waals surface area (Å²) in [4.78, 5) is 21.1. The SMILES string of the molecule is Cn1c(C(NC(=O)CCc2c[nH]c3ccccc23)c2ccccc2)nc2ccccc21. The van der Waals surface area contributed by atoms with Crippen LogP contribution in [-0.4, -0.2) is 20.4 Å². The van der Waals surface area contributed by atoms with Crippen LogP contribution in [0.5, 0.6) is 0 Å². The molecule has 0 saturated heterocycles. The Morgan fingerprint density at radius 3 is 2.58 bits per heavy atom. The highest BCUT2D eigenvalue weighted by molar-refractivity contribution is 5.84. The maximum Gasteiger partial charge on any atom is 0.221 e. The third kappa shape index (κ3) is 3.70. The number of carbonyl (C=O) groups excluding carboxylic acids is 1. The maximum absolute atomic E-state index is 13.0. The molecular formula is C26H24N4O. The van der Waals surface area contributed by atoms with E-state index in [1.807, 2.05) is 80.0 Å². The maximum atomic E-state index is 13.0. The Hall–Kier alpha value is -3.86. The molecule has 0 radical (unpaired) electrons. The number of nitrogens with zero attached hydrogens (tertiary/aromatic N) is 2. The number of nitrogens with one attached hydrogen (secondary N) is 2. The lowest BCUT2D eigenvalue weighted by Gasteiger charge is -2.19. The third-order valence-corrected chi connectivity index (χ3v) is 5.81. The van der Waals surface area contributed by atoms with Crippen molar-refractivity contribution in [3.63, 3.8) is 0 Å². The molecule has 0 aliphatic carbocycles. The second-order valence-electron chi connectivity index (χ2n) is 7.79. The van der Waals surface area contributed by atoms with Crippen molar-refractivity contribution < 1.29 is 4.79 Å². The van der Waals surface area contributed by atoms with Crippen LogP contribution in [0.3, 0.4) is 0 Å². The van der Waals surface area contributed by atoms with E-state index in [9.17, 15) is 4.79 Å². The fraction of sp³-hybridized carbons (Fsp3) is 0.154. The van der Waals surface area contributed by atoms with Gasteiger partial charge in [0.05, 0.1) is 11.0 Å². The lowest BCUT2D eigenvalue weighted by molar-refractivity contribution is -0.121. The molecule has 3 aromatic carbocycles. The molecule has 5 aromatic rings. The average Bonchev–Trinajstić information content (AvgIpc) is 3.38. The summed E-state index contributed by atoms with van der Waals surface area (Å²) in [5, 5.41) is 4.40. The Balaban J connectivity index is 1.41. The van der Waals surface area contributed by atoms with Gasteiger partial charge >= 0.3 is 0 Å². The average molecular weight is 409 g/mol. The largest absolute Gasteiger partial charge is 0.361 e. The van der Waals surface area contributed by atoms with Crippen LogP contribution >= 0.6 is 0 Å². The quantitative estimate of drug-likeness (QED) is 0.420. The molecule has 1 amide bonds. The van der Waals surface area contributed by atoms with E-state index in [4.69, 9.17) is 4.98 Å². The lowest BCUT2D eigenvalue weighted by atomic mass is 10.0. The number of carbonyl (C=O) groups is 1. The van der Waals surface area contributed by atoms with Crippen LogP contribution in [0.1, 0.15) is 29.4 Å². The summed E-state index contributed by atoms with van der Waals surface area (Å²) in [7, 11) is 2.00. The molecule has 0 aliphatic heterocycles. The number of amides is 1. The highest BCUT2D eigenvalue weighted by atomic mass is 16.1. The van der Waals surface area contributed by atoms with E-state index in [1.54, 1.807) is 0 Å². The zero-order valence-corrected chi connectivity index (χ0v) is 17.4. The van der Waals surface area contributed by atoms with Crippen molar-refractivity contribution in [2.24, 2.45) is 7.05 Å². The Morgan fingerprint density at radius 2 is 1.74 bits per heavy atom. The first kappa shape index (κ1) is 19.1. The third-order valence-electron chi connectivity index (χ3n) is 5.81. The van der Waals surface area contributed by atoms with Crippen LogP contribution < -0.4 is 5.32 Å². The van der Waals surface area contributed by atoms with Crippen LogP contribution in [0, 0.1) is 0 Å². The smallest absolute Gasteiger partial charge is 0.221 e. The van der Waals surface area contributed by atoms with Crippen molar-refractivity contribution in [3.05, 3.63) is 102 Å². The number of hydrogen-bond donors (Lipinski definition) is 2. The summed E-state index contributed by atoms with van der Waals surface area (Å²) in [6.07, 6.45) is 3.09. The monoisotopic (exact) mass is 408 g/mol. The van der Waals surface area contributed by atoms with Crippen LogP contribution in [0.15, 0.2) is 85.1 Å². The molecule has 2 N–H and O–H groups in total. The fourth-order valence-corrected chi connectivity index (χ4v) is 4.18. The Morgan fingerprint density at radius 1 is 1.00 bits per heavy atom. The van der Waals surface area contributed by atoms with Crippen molar-refractivity contribution in [1.29, 1.82) is 0 Å². The minimum atomic E-state index is -0.311. The zero-order valence-electron chi connectivity index (χ0n) is 17.4. The van der Waals surface area contributed by atoms with Gasteiger partial charge in [-0.25, -0.2) is 4.98 Å². The summed E-state index contributed by atoms with van der Waals surface area (Å²) in [5.74, 6) is 0.832. The molecule has 5 rings (SSSR count). The van der Waals surface area contributed by atoms with Gasteiger partial charge in [0, 0.05) is 30.6 Å². The molecule has 31 heavy (non-hydrogen) atoms. The van der Waals surface area contributed by atoms with Crippen LogP contribution in [0.4, 0.5) is 0 Å².